The first-order valence-electron chi connectivity index (χ1n) is 9.30. The minimum Gasteiger partial charge on any atom is -0.493 e. The van der Waals surface area contributed by atoms with Gasteiger partial charge >= 0.3 is 0 Å². The Balaban J connectivity index is 1.77. The summed E-state index contributed by atoms with van der Waals surface area (Å²) in [6.07, 6.45) is 5.24. The van der Waals surface area contributed by atoms with E-state index in [0.717, 1.165) is 48.7 Å². The molecule has 2 heterocycles. The van der Waals surface area contributed by atoms with Gasteiger partial charge in [0.1, 0.15) is 5.75 Å². The van der Waals surface area contributed by atoms with Crippen LogP contribution in [-0.4, -0.2) is 35.5 Å². The first-order valence-corrected chi connectivity index (χ1v) is 9.30. The molecule has 2 aromatic rings. The molecule has 1 aromatic heterocycles. The SMILES string of the molecule is C=CC(=O)N(Cc1ccn(C)n1)c1ccc(C)c(OCC2CCOCC2)c1. The molecule has 0 atom stereocenters. The van der Waals surface area contributed by atoms with Gasteiger partial charge in [0.2, 0.25) is 0 Å². The Morgan fingerprint density at radius 1 is 1.41 bits per heavy atom. The average molecular weight is 369 g/mol. The van der Waals surface area contributed by atoms with E-state index < -0.39 is 0 Å². The number of anilines is 1. The predicted octanol–water partition coefficient (Wildman–Crippen LogP) is 3.25. The summed E-state index contributed by atoms with van der Waals surface area (Å²) in [7, 11) is 1.86. The number of aromatic nitrogens is 2. The standard InChI is InChI=1S/C21H27N3O3/c1-4-21(25)24(14-18-7-10-23(3)22-18)19-6-5-16(2)20(13-19)27-15-17-8-11-26-12-9-17/h4-7,10,13,17H,1,8-9,11-12,14-15H2,2-3H3. The van der Waals surface area contributed by atoms with Crippen molar-refractivity contribution in [2.45, 2.75) is 26.3 Å². The van der Waals surface area contributed by atoms with Crippen LogP contribution in [0.2, 0.25) is 0 Å². The van der Waals surface area contributed by atoms with Crippen molar-refractivity contribution in [3.63, 3.8) is 0 Å². The molecular formula is C21H27N3O3. The molecule has 1 aliphatic rings. The van der Waals surface area contributed by atoms with E-state index in [1.807, 2.05) is 44.4 Å². The van der Waals surface area contributed by atoms with Crippen molar-refractivity contribution in [2.24, 2.45) is 13.0 Å². The smallest absolute Gasteiger partial charge is 0.250 e. The van der Waals surface area contributed by atoms with E-state index in [-0.39, 0.29) is 5.91 Å². The molecule has 6 nitrogen and oxygen atoms in total. The summed E-state index contributed by atoms with van der Waals surface area (Å²) in [4.78, 5) is 14.1. The lowest BCUT2D eigenvalue weighted by atomic mass is 10.0. The zero-order valence-corrected chi connectivity index (χ0v) is 16.1. The highest BCUT2D eigenvalue weighted by Gasteiger charge is 2.18. The number of aryl methyl sites for hydroxylation is 2. The maximum Gasteiger partial charge on any atom is 0.250 e. The highest BCUT2D eigenvalue weighted by molar-refractivity contribution is 6.01. The molecule has 0 unspecified atom stereocenters. The summed E-state index contributed by atoms with van der Waals surface area (Å²) < 4.78 is 13.2. The first-order chi connectivity index (χ1) is 13.1. The molecule has 1 aliphatic heterocycles. The maximum atomic E-state index is 12.4. The van der Waals surface area contributed by atoms with Crippen LogP contribution in [0.15, 0.2) is 43.1 Å². The van der Waals surface area contributed by atoms with Gasteiger partial charge in [-0.2, -0.15) is 5.10 Å². The number of ether oxygens (including phenoxy) is 2. The minimum atomic E-state index is -0.167. The van der Waals surface area contributed by atoms with E-state index in [1.54, 1.807) is 9.58 Å². The van der Waals surface area contributed by atoms with Crippen LogP contribution in [0.1, 0.15) is 24.1 Å². The van der Waals surface area contributed by atoms with Crippen LogP contribution in [0, 0.1) is 12.8 Å². The number of benzene rings is 1. The first kappa shape index (κ1) is 19.2. The van der Waals surface area contributed by atoms with E-state index in [2.05, 4.69) is 11.7 Å². The van der Waals surface area contributed by atoms with E-state index in [1.165, 1.54) is 6.08 Å². The summed E-state index contributed by atoms with van der Waals surface area (Å²) in [5.74, 6) is 1.16. The van der Waals surface area contributed by atoms with Crippen LogP contribution in [0.25, 0.3) is 0 Å². The zero-order valence-electron chi connectivity index (χ0n) is 16.1. The molecule has 0 spiro atoms. The van der Waals surface area contributed by atoms with Gasteiger partial charge in [0.05, 0.1) is 18.8 Å². The molecule has 1 saturated heterocycles. The normalized spacial score (nSPS) is 14.7. The third-order valence-corrected chi connectivity index (χ3v) is 4.83. The quantitative estimate of drug-likeness (QED) is 0.703. The van der Waals surface area contributed by atoms with Crippen molar-refractivity contribution in [1.82, 2.24) is 9.78 Å². The molecule has 1 amide bonds. The Labute approximate surface area is 160 Å². The van der Waals surface area contributed by atoms with Gasteiger partial charge in [0, 0.05) is 38.2 Å². The molecule has 0 radical (unpaired) electrons. The van der Waals surface area contributed by atoms with E-state index in [4.69, 9.17) is 9.47 Å². The summed E-state index contributed by atoms with van der Waals surface area (Å²) in [6.45, 7) is 8.31. The average Bonchev–Trinajstić information content (AvgIpc) is 3.11. The van der Waals surface area contributed by atoms with Crippen LogP contribution in [-0.2, 0) is 23.1 Å². The molecule has 0 aliphatic carbocycles. The van der Waals surface area contributed by atoms with Crippen molar-refractivity contribution in [3.8, 4) is 5.75 Å². The van der Waals surface area contributed by atoms with Crippen molar-refractivity contribution >= 4 is 11.6 Å². The fourth-order valence-corrected chi connectivity index (χ4v) is 3.15. The number of hydrogen-bond donors (Lipinski definition) is 0. The van der Waals surface area contributed by atoms with Gasteiger partial charge in [-0.3, -0.25) is 9.48 Å². The van der Waals surface area contributed by atoms with E-state index in [9.17, 15) is 4.79 Å². The predicted molar refractivity (Wildman–Crippen MR) is 105 cm³/mol. The highest BCUT2D eigenvalue weighted by atomic mass is 16.5. The minimum absolute atomic E-state index is 0.167. The van der Waals surface area contributed by atoms with Gasteiger partial charge in [0.25, 0.3) is 5.91 Å². The fraction of sp³-hybridized carbons (Fsp3) is 0.429. The van der Waals surface area contributed by atoms with Gasteiger partial charge in [-0.05, 0) is 49.5 Å². The van der Waals surface area contributed by atoms with Gasteiger partial charge in [-0.1, -0.05) is 12.6 Å². The number of hydrogen-bond acceptors (Lipinski definition) is 4. The zero-order chi connectivity index (χ0) is 19.2. The van der Waals surface area contributed by atoms with Crippen molar-refractivity contribution in [1.29, 1.82) is 0 Å². The van der Waals surface area contributed by atoms with Crippen LogP contribution < -0.4 is 9.64 Å². The highest BCUT2D eigenvalue weighted by Crippen LogP contribution is 2.28. The van der Waals surface area contributed by atoms with Crippen LogP contribution >= 0.6 is 0 Å². The molecule has 0 N–H and O–H groups in total. The molecule has 6 heteroatoms. The number of carbonyl (C=O) groups excluding carboxylic acids is 1. The number of rotatable bonds is 7. The summed E-state index contributed by atoms with van der Waals surface area (Å²) in [5.41, 5.74) is 2.64. The van der Waals surface area contributed by atoms with Crippen molar-refractivity contribution in [2.75, 3.05) is 24.7 Å². The van der Waals surface area contributed by atoms with Gasteiger partial charge in [-0.25, -0.2) is 0 Å². The van der Waals surface area contributed by atoms with Gasteiger partial charge in [0.15, 0.2) is 0 Å². The maximum absolute atomic E-state index is 12.4. The topological polar surface area (TPSA) is 56.6 Å². The van der Waals surface area contributed by atoms with Crippen LogP contribution in [0.5, 0.6) is 5.75 Å². The lowest BCUT2D eigenvalue weighted by Crippen LogP contribution is -2.29. The second-order valence-electron chi connectivity index (χ2n) is 6.93. The third kappa shape index (κ3) is 4.98. The molecule has 0 saturated carbocycles. The second kappa shape index (κ2) is 8.86. The number of amides is 1. The van der Waals surface area contributed by atoms with E-state index >= 15 is 0 Å². The number of carbonyl (C=O) groups is 1. The van der Waals surface area contributed by atoms with Crippen molar-refractivity contribution < 1.29 is 14.3 Å². The molecule has 144 valence electrons. The molecule has 27 heavy (non-hydrogen) atoms. The summed E-state index contributed by atoms with van der Waals surface area (Å²) in [5, 5.41) is 4.38. The number of nitrogens with zero attached hydrogens (tertiary/aromatic N) is 3. The lowest BCUT2D eigenvalue weighted by molar-refractivity contribution is -0.114. The van der Waals surface area contributed by atoms with Gasteiger partial charge in [-0.15, -0.1) is 0 Å². The van der Waals surface area contributed by atoms with E-state index in [0.29, 0.717) is 19.1 Å². The molecule has 1 fully saturated rings. The Kier molecular flexibility index (Phi) is 6.29. The Hall–Kier alpha value is -2.60. The van der Waals surface area contributed by atoms with Crippen molar-refractivity contribution in [3.05, 3.63) is 54.4 Å². The summed E-state index contributed by atoms with van der Waals surface area (Å²) in [6, 6.07) is 7.75. The Bertz CT molecular complexity index is 794. The van der Waals surface area contributed by atoms with Gasteiger partial charge < -0.3 is 14.4 Å². The summed E-state index contributed by atoms with van der Waals surface area (Å²) >= 11 is 0. The molecule has 3 rings (SSSR count). The second-order valence-corrected chi connectivity index (χ2v) is 6.93. The van der Waals surface area contributed by atoms with Crippen LogP contribution in [0.4, 0.5) is 5.69 Å². The largest absolute Gasteiger partial charge is 0.493 e. The Morgan fingerprint density at radius 3 is 2.85 bits per heavy atom. The lowest BCUT2D eigenvalue weighted by Gasteiger charge is -2.24. The molecular weight excluding hydrogens is 342 g/mol. The molecule has 0 bridgehead atoms. The van der Waals surface area contributed by atoms with Crippen LogP contribution in [0.3, 0.4) is 0 Å². The monoisotopic (exact) mass is 369 g/mol. The molecule has 1 aromatic carbocycles. The third-order valence-electron chi connectivity index (χ3n) is 4.83. The fourth-order valence-electron chi connectivity index (χ4n) is 3.15. The Morgan fingerprint density at radius 2 is 2.19 bits per heavy atom.